The quantitative estimate of drug-likeness (QED) is 0.645. The Kier molecular flexibility index (Phi) is 7.79. The maximum absolute atomic E-state index is 11.7. The fourth-order valence-corrected chi connectivity index (χ4v) is 3.08. The molecule has 0 radical (unpaired) electrons. The molecular weight excluding hydrogens is 398 g/mol. The van der Waals surface area contributed by atoms with Crippen LogP contribution in [0.5, 0.6) is 5.75 Å². The molecule has 0 bridgehead atoms. The Bertz CT molecular complexity index is 637. The number of carbonyl (C=O) groups is 1. The van der Waals surface area contributed by atoms with Crippen molar-refractivity contribution in [3.63, 3.8) is 0 Å². The van der Waals surface area contributed by atoms with Crippen LogP contribution in [0.2, 0.25) is 5.02 Å². The maximum atomic E-state index is 11.7. The van der Waals surface area contributed by atoms with E-state index in [-0.39, 0.29) is 5.91 Å². The molecule has 0 aliphatic heterocycles. The molecule has 3 nitrogen and oxygen atoms in total. The van der Waals surface area contributed by atoms with Crippen LogP contribution in [0.15, 0.2) is 53.0 Å². The summed E-state index contributed by atoms with van der Waals surface area (Å²) in [7, 11) is 0. The van der Waals surface area contributed by atoms with Gasteiger partial charge in [-0.25, -0.2) is 0 Å². The van der Waals surface area contributed by atoms with Crippen molar-refractivity contribution in [2.75, 3.05) is 18.9 Å². The molecule has 1 amide bonds. The summed E-state index contributed by atoms with van der Waals surface area (Å²) in [6, 6.07) is 15.4. The zero-order valence-corrected chi connectivity index (χ0v) is 15.6. The number of hydrogen-bond donors (Lipinski definition) is 1. The fourth-order valence-electron chi connectivity index (χ4n) is 1.81. The van der Waals surface area contributed by atoms with E-state index >= 15 is 0 Å². The SMILES string of the molecule is O=C(CSCc1ccc(Br)cc1)NCCOc1ccccc1Cl. The third-order valence-corrected chi connectivity index (χ3v) is 4.78. The summed E-state index contributed by atoms with van der Waals surface area (Å²) in [4.78, 5) is 11.7. The molecule has 0 spiro atoms. The number of nitrogens with one attached hydrogen (secondary N) is 1. The van der Waals surface area contributed by atoms with Crippen LogP contribution in [0.4, 0.5) is 0 Å². The van der Waals surface area contributed by atoms with Crippen LogP contribution < -0.4 is 10.1 Å². The van der Waals surface area contributed by atoms with Crippen LogP contribution in [0.1, 0.15) is 5.56 Å². The minimum absolute atomic E-state index is 0.00914. The zero-order chi connectivity index (χ0) is 16.5. The van der Waals surface area contributed by atoms with Gasteiger partial charge in [-0.2, -0.15) is 0 Å². The first-order valence-corrected chi connectivity index (χ1v) is 9.44. The maximum Gasteiger partial charge on any atom is 0.230 e. The van der Waals surface area contributed by atoms with Gasteiger partial charge in [0, 0.05) is 10.2 Å². The van der Waals surface area contributed by atoms with Crippen LogP contribution in [-0.4, -0.2) is 24.8 Å². The molecule has 2 aromatic carbocycles. The predicted molar refractivity (Wildman–Crippen MR) is 100 cm³/mol. The topological polar surface area (TPSA) is 38.3 Å². The number of carbonyl (C=O) groups excluding carboxylic acids is 1. The Hall–Kier alpha value is -1.17. The summed E-state index contributed by atoms with van der Waals surface area (Å²) in [5, 5.41) is 3.41. The van der Waals surface area contributed by atoms with E-state index in [0.717, 1.165) is 10.2 Å². The Morgan fingerprint density at radius 1 is 1.17 bits per heavy atom. The van der Waals surface area contributed by atoms with Crippen molar-refractivity contribution in [1.29, 1.82) is 0 Å². The van der Waals surface area contributed by atoms with E-state index in [1.165, 1.54) is 5.56 Å². The van der Waals surface area contributed by atoms with Gasteiger partial charge in [-0.3, -0.25) is 4.79 Å². The van der Waals surface area contributed by atoms with E-state index in [0.29, 0.717) is 29.7 Å². The van der Waals surface area contributed by atoms with Crippen LogP contribution in [0.3, 0.4) is 0 Å². The van der Waals surface area contributed by atoms with Gasteiger partial charge in [-0.05, 0) is 29.8 Å². The molecule has 1 N–H and O–H groups in total. The molecule has 0 fully saturated rings. The van der Waals surface area contributed by atoms with Gasteiger partial charge in [0.05, 0.1) is 17.3 Å². The van der Waals surface area contributed by atoms with Gasteiger partial charge in [-0.15, -0.1) is 11.8 Å². The molecule has 2 aromatic rings. The van der Waals surface area contributed by atoms with Gasteiger partial charge in [0.2, 0.25) is 5.91 Å². The smallest absolute Gasteiger partial charge is 0.230 e. The van der Waals surface area contributed by atoms with Crippen molar-refractivity contribution in [1.82, 2.24) is 5.32 Å². The summed E-state index contributed by atoms with van der Waals surface area (Å²) < 4.78 is 6.57. The molecule has 0 heterocycles. The second-order valence-electron chi connectivity index (χ2n) is 4.75. The van der Waals surface area contributed by atoms with Crippen LogP contribution in [-0.2, 0) is 10.5 Å². The van der Waals surface area contributed by atoms with Crippen molar-refractivity contribution in [3.05, 3.63) is 63.6 Å². The number of halogens is 2. The lowest BCUT2D eigenvalue weighted by Crippen LogP contribution is -2.29. The molecule has 0 aromatic heterocycles. The Morgan fingerprint density at radius 2 is 1.91 bits per heavy atom. The molecule has 0 unspecified atom stereocenters. The average Bonchev–Trinajstić information content (AvgIpc) is 2.55. The third kappa shape index (κ3) is 6.85. The summed E-state index contributed by atoms with van der Waals surface area (Å²) >= 11 is 11.0. The molecule has 0 atom stereocenters. The highest BCUT2D eigenvalue weighted by Gasteiger charge is 2.03. The third-order valence-electron chi connectivity index (χ3n) is 2.93. The largest absolute Gasteiger partial charge is 0.490 e. The average molecular weight is 415 g/mol. The Morgan fingerprint density at radius 3 is 2.65 bits per heavy atom. The van der Waals surface area contributed by atoms with E-state index < -0.39 is 0 Å². The van der Waals surface area contributed by atoms with Crippen molar-refractivity contribution in [2.45, 2.75) is 5.75 Å². The summed E-state index contributed by atoms with van der Waals surface area (Å²) in [6.07, 6.45) is 0. The minimum Gasteiger partial charge on any atom is -0.490 e. The number of benzene rings is 2. The monoisotopic (exact) mass is 413 g/mol. The van der Waals surface area contributed by atoms with E-state index in [1.807, 2.05) is 36.4 Å². The van der Waals surface area contributed by atoms with Crippen LogP contribution >= 0.6 is 39.3 Å². The first-order valence-electron chi connectivity index (χ1n) is 7.11. The lowest BCUT2D eigenvalue weighted by Gasteiger charge is -2.09. The minimum atomic E-state index is 0.00914. The van der Waals surface area contributed by atoms with Gasteiger partial charge < -0.3 is 10.1 Å². The number of thioether (sulfide) groups is 1. The van der Waals surface area contributed by atoms with Gasteiger partial charge >= 0.3 is 0 Å². The number of amides is 1. The van der Waals surface area contributed by atoms with E-state index in [9.17, 15) is 4.79 Å². The zero-order valence-electron chi connectivity index (χ0n) is 12.4. The molecule has 0 saturated carbocycles. The van der Waals surface area contributed by atoms with Gasteiger partial charge in [-0.1, -0.05) is 51.8 Å². The highest BCUT2D eigenvalue weighted by molar-refractivity contribution is 9.10. The Labute approximate surface area is 153 Å². The van der Waals surface area contributed by atoms with Gasteiger partial charge in [0.25, 0.3) is 0 Å². The molecule has 2 rings (SSSR count). The van der Waals surface area contributed by atoms with E-state index in [4.69, 9.17) is 16.3 Å². The van der Waals surface area contributed by atoms with Gasteiger partial charge in [0.15, 0.2) is 0 Å². The number of ether oxygens (including phenoxy) is 1. The molecule has 0 saturated heterocycles. The lowest BCUT2D eigenvalue weighted by molar-refractivity contribution is -0.118. The standard InChI is InChI=1S/C17H17BrClNO2S/c18-14-7-5-13(6-8-14)11-23-12-17(21)20-9-10-22-16-4-2-1-3-15(16)19/h1-8H,9-12H2,(H,20,21). The highest BCUT2D eigenvalue weighted by Crippen LogP contribution is 2.22. The lowest BCUT2D eigenvalue weighted by atomic mass is 10.2. The first-order chi connectivity index (χ1) is 11.1. The van der Waals surface area contributed by atoms with Crippen molar-refractivity contribution >= 4 is 45.2 Å². The van der Waals surface area contributed by atoms with E-state index in [2.05, 4.69) is 21.2 Å². The van der Waals surface area contributed by atoms with Crippen molar-refractivity contribution in [2.24, 2.45) is 0 Å². The number of para-hydroxylation sites is 1. The van der Waals surface area contributed by atoms with E-state index in [1.54, 1.807) is 23.9 Å². The normalized spacial score (nSPS) is 10.3. The molecule has 23 heavy (non-hydrogen) atoms. The van der Waals surface area contributed by atoms with Crippen LogP contribution in [0, 0.1) is 0 Å². The predicted octanol–water partition coefficient (Wildman–Crippen LogP) is 4.53. The number of rotatable bonds is 8. The summed E-state index contributed by atoms with van der Waals surface area (Å²) in [6.45, 7) is 0.857. The van der Waals surface area contributed by atoms with Crippen molar-refractivity contribution in [3.8, 4) is 5.75 Å². The highest BCUT2D eigenvalue weighted by atomic mass is 79.9. The first kappa shape index (κ1) is 18.2. The molecule has 122 valence electrons. The number of hydrogen-bond acceptors (Lipinski definition) is 3. The molecule has 0 aliphatic carbocycles. The van der Waals surface area contributed by atoms with Gasteiger partial charge in [0.1, 0.15) is 12.4 Å². The van der Waals surface area contributed by atoms with Crippen LogP contribution in [0.25, 0.3) is 0 Å². The van der Waals surface area contributed by atoms with Crippen molar-refractivity contribution < 1.29 is 9.53 Å². The molecular formula is C17H17BrClNO2S. The molecule has 0 aliphatic rings. The summed E-state index contributed by atoms with van der Waals surface area (Å²) in [5.74, 6) is 1.89. The second-order valence-corrected chi connectivity index (χ2v) is 7.06. The fraction of sp³-hybridized carbons (Fsp3) is 0.235. The summed E-state index contributed by atoms with van der Waals surface area (Å²) in [5.41, 5.74) is 1.20. The second kappa shape index (κ2) is 9.85. The Balaban J connectivity index is 1.58. The molecule has 6 heteroatoms.